The summed E-state index contributed by atoms with van der Waals surface area (Å²) in [6.07, 6.45) is 3.69. The number of methoxy groups -OCH3 is 1. The number of hydrogen-bond acceptors (Lipinski definition) is 6. The van der Waals surface area contributed by atoms with Crippen LogP contribution in [0.1, 0.15) is 36.3 Å². The van der Waals surface area contributed by atoms with Gasteiger partial charge >= 0.3 is 0 Å². The third kappa shape index (κ3) is 5.19. The number of rotatable bonds is 7. The fourth-order valence-corrected chi connectivity index (χ4v) is 3.84. The van der Waals surface area contributed by atoms with Crippen molar-refractivity contribution in [2.24, 2.45) is 0 Å². The molecular formula is C24H24ClN3O3. The molecule has 1 saturated heterocycles. The van der Waals surface area contributed by atoms with Crippen LogP contribution in [-0.4, -0.2) is 30.1 Å². The van der Waals surface area contributed by atoms with Gasteiger partial charge in [0, 0.05) is 18.2 Å². The Labute approximate surface area is 187 Å². The van der Waals surface area contributed by atoms with Crippen molar-refractivity contribution in [3.8, 4) is 29.0 Å². The van der Waals surface area contributed by atoms with E-state index in [1.54, 1.807) is 25.3 Å². The van der Waals surface area contributed by atoms with E-state index in [2.05, 4.69) is 11.0 Å². The predicted octanol–water partition coefficient (Wildman–Crippen LogP) is 5.44. The van der Waals surface area contributed by atoms with Crippen molar-refractivity contribution in [2.75, 3.05) is 20.2 Å². The number of ether oxygens (including phenoxy) is 2. The van der Waals surface area contributed by atoms with Crippen molar-refractivity contribution < 1.29 is 13.9 Å². The van der Waals surface area contributed by atoms with E-state index in [-0.39, 0.29) is 6.61 Å². The SMILES string of the molecule is COc1ccc(-c2nc(CN3CCCCC3)c(COc3ccc(C#N)c(Cl)c3)o2)cc1. The van der Waals surface area contributed by atoms with Crippen LogP contribution in [0.5, 0.6) is 11.5 Å². The standard InChI is InChI=1S/C24H24ClN3O3/c1-29-19-8-5-17(6-9-19)24-27-22(15-28-11-3-2-4-12-28)23(31-24)16-30-20-10-7-18(14-26)21(25)13-20/h5-10,13H,2-4,11-12,15-16H2,1H3. The van der Waals surface area contributed by atoms with Crippen LogP contribution in [0, 0.1) is 11.3 Å². The lowest BCUT2D eigenvalue weighted by Crippen LogP contribution is -2.29. The minimum absolute atomic E-state index is 0.231. The number of likely N-dealkylation sites (tertiary alicyclic amines) is 1. The van der Waals surface area contributed by atoms with Gasteiger partial charge in [-0.25, -0.2) is 4.98 Å². The van der Waals surface area contributed by atoms with Crippen molar-refractivity contribution in [1.82, 2.24) is 9.88 Å². The van der Waals surface area contributed by atoms with Crippen LogP contribution in [-0.2, 0) is 13.2 Å². The van der Waals surface area contributed by atoms with Gasteiger partial charge in [-0.1, -0.05) is 18.0 Å². The molecule has 3 aromatic rings. The first-order valence-corrected chi connectivity index (χ1v) is 10.7. The summed E-state index contributed by atoms with van der Waals surface area (Å²) in [7, 11) is 1.64. The lowest BCUT2D eigenvalue weighted by atomic mass is 10.1. The molecule has 0 bridgehead atoms. The smallest absolute Gasteiger partial charge is 0.226 e. The molecule has 2 aromatic carbocycles. The zero-order chi connectivity index (χ0) is 21.6. The summed E-state index contributed by atoms with van der Waals surface area (Å²) >= 11 is 6.13. The van der Waals surface area contributed by atoms with E-state index in [9.17, 15) is 0 Å². The summed E-state index contributed by atoms with van der Waals surface area (Å²) in [5.74, 6) is 2.61. The molecule has 0 N–H and O–H groups in total. The lowest BCUT2D eigenvalue weighted by molar-refractivity contribution is 0.213. The van der Waals surface area contributed by atoms with Gasteiger partial charge in [-0.15, -0.1) is 0 Å². The molecule has 1 aliphatic heterocycles. The van der Waals surface area contributed by atoms with Gasteiger partial charge in [-0.05, 0) is 62.3 Å². The molecule has 0 spiro atoms. The van der Waals surface area contributed by atoms with Crippen LogP contribution in [0.15, 0.2) is 46.9 Å². The number of aromatic nitrogens is 1. The molecule has 0 amide bonds. The second-order valence-corrected chi connectivity index (χ2v) is 7.90. The van der Waals surface area contributed by atoms with E-state index in [0.717, 1.165) is 36.6 Å². The van der Waals surface area contributed by atoms with Crippen molar-refractivity contribution in [2.45, 2.75) is 32.4 Å². The highest BCUT2D eigenvalue weighted by molar-refractivity contribution is 6.31. The van der Waals surface area contributed by atoms with Crippen LogP contribution in [0.4, 0.5) is 0 Å². The molecule has 1 aromatic heterocycles. The zero-order valence-corrected chi connectivity index (χ0v) is 18.2. The number of benzene rings is 2. The molecule has 0 unspecified atom stereocenters. The monoisotopic (exact) mass is 437 g/mol. The zero-order valence-electron chi connectivity index (χ0n) is 17.4. The highest BCUT2D eigenvalue weighted by Crippen LogP contribution is 2.28. The highest BCUT2D eigenvalue weighted by atomic mass is 35.5. The minimum Gasteiger partial charge on any atom is -0.497 e. The molecule has 7 heteroatoms. The number of halogens is 1. The maximum absolute atomic E-state index is 9.04. The van der Waals surface area contributed by atoms with Crippen molar-refractivity contribution in [3.63, 3.8) is 0 Å². The molecule has 160 valence electrons. The maximum atomic E-state index is 9.04. The van der Waals surface area contributed by atoms with Gasteiger partial charge in [0.1, 0.15) is 29.9 Å². The summed E-state index contributed by atoms with van der Waals surface area (Å²) < 4.78 is 17.3. The van der Waals surface area contributed by atoms with Crippen LogP contribution in [0.3, 0.4) is 0 Å². The third-order valence-electron chi connectivity index (χ3n) is 5.37. The van der Waals surface area contributed by atoms with Gasteiger partial charge in [0.2, 0.25) is 5.89 Å². The van der Waals surface area contributed by atoms with Gasteiger partial charge in [0.05, 0.1) is 17.7 Å². The Morgan fingerprint density at radius 3 is 2.52 bits per heavy atom. The highest BCUT2D eigenvalue weighted by Gasteiger charge is 2.20. The number of oxazole rings is 1. The van der Waals surface area contributed by atoms with Crippen molar-refractivity contribution in [1.29, 1.82) is 5.26 Å². The van der Waals surface area contributed by atoms with E-state index < -0.39 is 0 Å². The second kappa shape index (κ2) is 9.86. The fraction of sp³-hybridized carbons (Fsp3) is 0.333. The summed E-state index contributed by atoms with van der Waals surface area (Å²) in [6.45, 7) is 3.09. The summed E-state index contributed by atoms with van der Waals surface area (Å²) in [5, 5.41) is 9.41. The molecule has 1 fully saturated rings. The molecule has 4 rings (SSSR count). The Hall–Kier alpha value is -3.01. The van der Waals surface area contributed by atoms with Gasteiger partial charge < -0.3 is 13.9 Å². The van der Waals surface area contributed by atoms with Gasteiger partial charge in [0.25, 0.3) is 0 Å². The summed E-state index contributed by atoms with van der Waals surface area (Å²) in [4.78, 5) is 7.19. The molecule has 0 atom stereocenters. The van der Waals surface area contributed by atoms with E-state index in [1.165, 1.54) is 19.3 Å². The maximum Gasteiger partial charge on any atom is 0.226 e. The Bertz CT molecular complexity index is 1070. The Balaban J connectivity index is 1.56. The van der Waals surface area contributed by atoms with Crippen LogP contribution < -0.4 is 9.47 Å². The first-order valence-electron chi connectivity index (χ1n) is 10.3. The normalized spacial score (nSPS) is 14.2. The van der Waals surface area contributed by atoms with Gasteiger partial charge in [-0.2, -0.15) is 5.26 Å². The average Bonchev–Trinajstić information content (AvgIpc) is 3.21. The third-order valence-corrected chi connectivity index (χ3v) is 5.68. The number of nitriles is 1. The van der Waals surface area contributed by atoms with E-state index >= 15 is 0 Å². The topological polar surface area (TPSA) is 71.5 Å². The average molecular weight is 438 g/mol. The van der Waals surface area contributed by atoms with Crippen LogP contribution in [0.25, 0.3) is 11.5 Å². The summed E-state index contributed by atoms with van der Waals surface area (Å²) in [5.41, 5.74) is 2.18. The Morgan fingerprint density at radius 2 is 1.84 bits per heavy atom. The molecule has 6 nitrogen and oxygen atoms in total. The molecule has 1 aliphatic rings. The van der Waals surface area contributed by atoms with E-state index in [1.807, 2.05) is 24.3 Å². The van der Waals surface area contributed by atoms with E-state index in [0.29, 0.717) is 28.0 Å². The van der Waals surface area contributed by atoms with E-state index in [4.69, 9.17) is 35.7 Å². The van der Waals surface area contributed by atoms with Gasteiger partial charge in [0.15, 0.2) is 5.76 Å². The Morgan fingerprint density at radius 1 is 1.10 bits per heavy atom. The predicted molar refractivity (Wildman–Crippen MR) is 118 cm³/mol. The first kappa shape index (κ1) is 21.2. The van der Waals surface area contributed by atoms with Crippen molar-refractivity contribution >= 4 is 11.6 Å². The van der Waals surface area contributed by atoms with Crippen LogP contribution >= 0.6 is 11.6 Å². The second-order valence-electron chi connectivity index (χ2n) is 7.50. The molecular weight excluding hydrogens is 414 g/mol. The molecule has 31 heavy (non-hydrogen) atoms. The Kier molecular flexibility index (Phi) is 6.76. The number of piperidine rings is 1. The summed E-state index contributed by atoms with van der Waals surface area (Å²) in [6, 6.07) is 14.7. The van der Waals surface area contributed by atoms with Crippen LogP contribution in [0.2, 0.25) is 5.02 Å². The first-order chi connectivity index (χ1) is 15.2. The molecule has 0 radical (unpaired) electrons. The quantitative estimate of drug-likeness (QED) is 0.490. The lowest BCUT2D eigenvalue weighted by Gasteiger charge is -2.25. The molecule has 0 saturated carbocycles. The number of hydrogen-bond donors (Lipinski definition) is 0. The largest absolute Gasteiger partial charge is 0.497 e. The van der Waals surface area contributed by atoms with Crippen molar-refractivity contribution in [3.05, 3.63) is 64.5 Å². The number of nitrogens with zero attached hydrogens (tertiary/aromatic N) is 3. The minimum atomic E-state index is 0.231. The van der Waals surface area contributed by atoms with Gasteiger partial charge in [-0.3, -0.25) is 4.90 Å². The molecule has 2 heterocycles. The molecule has 0 aliphatic carbocycles. The fourth-order valence-electron chi connectivity index (χ4n) is 3.63.